The number of aliphatic carboxylic acids is 1. The minimum absolute atomic E-state index is 0.613. The van der Waals surface area contributed by atoms with E-state index in [1.165, 1.54) is 11.8 Å². The predicted octanol–water partition coefficient (Wildman–Crippen LogP) is 4.76. The van der Waals surface area contributed by atoms with Crippen molar-refractivity contribution in [3.63, 3.8) is 0 Å². The van der Waals surface area contributed by atoms with Crippen molar-refractivity contribution in [2.45, 2.75) is 10.1 Å². The van der Waals surface area contributed by atoms with E-state index in [4.69, 9.17) is 0 Å². The van der Waals surface area contributed by atoms with E-state index in [9.17, 15) is 9.90 Å². The van der Waals surface area contributed by atoms with Crippen molar-refractivity contribution in [1.29, 1.82) is 0 Å². The lowest BCUT2D eigenvalue weighted by Crippen LogP contribution is -2.08. The molecule has 0 saturated carbocycles. The van der Waals surface area contributed by atoms with Crippen molar-refractivity contribution < 1.29 is 9.90 Å². The number of carboxylic acid groups (broad SMARTS) is 1. The second kappa shape index (κ2) is 6.02. The molecule has 0 amide bonds. The molecule has 0 aliphatic rings. The van der Waals surface area contributed by atoms with E-state index < -0.39 is 11.2 Å². The van der Waals surface area contributed by atoms with Gasteiger partial charge in [-0.3, -0.25) is 4.79 Å². The molecule has 0 aliphatic heterocycles. The third-order valence-corrected chi connectivity index (χ3v) is 4.56. The second-order valence-electron chi connectivity index (χ2n) is 4.72. The Morgan fingerprint density at radius 3 is 2.29 bits per heavy atom. The minimum Gasteiger partial charge on any atom is -0.480 e. The Bertz CT molecular complexity index is 763. The van der Waals surface area contributed by atoms with Gasteiger partial charge in [0.2, 0.25) is 0 Å². The highest BCUT2D eigenvalue weighted by Gasteiger charge is 2.22. The number of hydrogen-bond donors (Lipinski definition) is 1. The molecule has 0 radical (unpaired) electrons. The lowest BCUT2D eigenvalue weighted by Gasteiger charge is -2.15. The summed E-state index contributed by atoms with van der Waals surface area (Å²) >= 11 is 1.37. The second-order valence-corrected chi connectivity index (χ2v) is 5.90. The molecule has 0 saturated heterocycles. The van der Waals surface area contributed by atoms with Crippen LogP contribution in [0.1, 0.15) is 10.8 Å². The maximum atomic E-state index is 11.7. The third-order valence-electron chi connectivity index (χ3n) is 3.33. The summed E-state index contributed by atoms with van der Waals surface area (Å²) in [6.07, 6.45) is 0. The average molecular weight is 294 g/mol. The van der Waals surface area contributed by atoms with Gasteiger partial charge < -0.3 is 5.11 Å². The summed E-state index contributed by atoms with van der Waals surface area (Å²) in [5.41, 5.74) is 0.842. The molecule has 3 aromatic rings. The molecule has 1 N–H and O–H groups in total. The van der Waals surface area contributed by atoms with Gasteiger partial charge >= 0.3 is 5.97 Å². The summed E-state index contributed by atoms with van der Waals surface area (Å²) in [6, 6.07) is 23.4. The molecule has 0 aromatic heterocycles. The van der Waals surface area contributed by atoms with Crippen LogP contribution in [-0.4, -0.2) is 11.1 Å². The molecule has 0 aliphatic carbocycles. The molecule has 2 nitrogen and oxygen atoms in total. The van der Waals surface area contributed by atoms with E-state index in [1.54, 1.807) is 0 Å². The Morgan fingerprint density at radius 2 is 1.52 bits per heavy atom. The fraction of sp³-hybridized carbons (Fsp3) is 0.0556. The van der Waals surface area contributed by atoms with Crippen molar-refractivity contribution in [1.82, 2.24) is 0 Å². The molecular formula is C18H14O2S. The number of thioether (sulfide) groups is 1. The summed E-state index contributed by atoms with van der Waals surface area (Å²) in [7, 11) is 0. The van der Waals surface area contributed by atoms with Crippen molar-refractivity contribution in [3.8, 4) is 0 Å². The van der Waals surface area contributed by atoms with Crippen molar-refractivity contribution in [2.24, 2.45) is 0 Å². The van der Waals surface area contributed by atoms with Gasteiger partial charge in [-0.15, -0.1) is 11.8 Å². The molecule has 21 heavy (non-hydrogen) atoms. The summed E-state index contributed by atoms with van der Waals surface area (Å²) in [5.74, 6) is -0.819. The quantitative estimate of drug-likeness (QED) is 0.705. The highest BCUT2D eigenvalue weighted by atomic mass is 32.2. The SMILES string of the molecule is O=C(O)C(Sc1ccccc1)c1cccc2ccccc12. The van der Waals surface area contributed by atoms with E-state index >= 15 is 0 Å². The first kappa shape index (κ1) is 13.7. The summed E-state index contributed by atoms with van der Waals surface area (Å²) in [4.78, 5) is 12.7. The predicted molar refractivity (Wildman–Crippen MR) is 86.6 cm³/mol. The van der Waals surface area contributed by atoms with Gasteiger partial charge in [0.05, 0.1) is 0 Å². The van der Waals surface area contributed by atoms with Gasteiger partial charge in [0, 0.05) is 4.90 Å². The van der Waals surface area contributed by atoms with Crippen LogP contribution >= 0.6 is 11.8 Å². The van der Waals surface area contributed by atoms with Gasteiger partial charge in [-0.2, -0.15) is 0 Å². The van der Waals surface area contributed by atoms with Crippen LogP contribution in [0.2, 0.25) is 0 Å². The van der Waals surface area contributed by atoms with E-state index in [1.807, 2.05) is 72.8 Å². The van der Waals surface area contributed by atoms with Crippen LogP contribution in [0.5, 0.6) is 0 Å². The Balaban J connectivity index is 2.06. The van der Waals surface area contributed by atoms with Gasteiger partial charge in [0.15, 0.2) is 0 Å². The zero-order chi connectivity index (χ0) is 14.7. The zero-order valence-corrected chi connectivity index (χ0v) is 12.1. The van der Waals surface area contributed by atoms with Gasteiger partial charge in [-0.1, -0.05) is 60.7 Å². The summed E-state index contributed by atoms with van der Waals surface area (Å²) in [6.45, 7) is 0. The van der Waals surface area contributed by atoms with E-state index in [2.05, 4.69) is 0 Å². The van der Waals surface area contributed by atoms with Crippen LogP contribution in [0, 0.1) is 0 Å². The largest absolute Gasteiger partial charge is 0.480 e. The van der Waals surface area contributed by atoms with Crippen LogP contribution in [-0.2, 0) is 4.79 Å². The number of carbonyl (C=O) groups is 1. The van der Waals surface area contributed by atoms with Crippen LogP contribution < -0.4 is 0 Å². The Morgan fingerprint density at radius 1 is 0.857 bits per heavy atom. The van der Waals surface area contributed by atoms with E-state index in [-0.39, 0.29) is 0 Å². The highest BCUT2D eigenvalue weighted by molar-refractivity contribution is 8.00. The minimum atomic E-state index is -0.819. The van der Waals surface area contributed by atoms with Crippen molar-refractivity contribution >= 4 is 28.5 Å². The molecule has 1 unspecified atom stereocenters. The van der Waals surface area contributed by atoms with Crippen molar-refractivity contribution in [2.75, 3.05) is 0 Å². The fourth-order valence-corrected chi connectivity index (χ4v) is 3.38. The summed E-state index contributed by atoms with van der Waals surface area (Å²) in [5, 5.41) is 11.1. The molecule has 0 heterocycles. The number of carboxylic acids is 1. The van der Waals surface area contributed by atoms with E-state index in [0.29, 0.717) is 0 Å². The average Bonchev–Trinajstić information content (AvgIpc) is 2.53. The van der Waals surface area contributed by atoms with Crippen LogP contribution in [0.15, 0.2) is 77.7 Å². The Hall–Kier alpha value is -2.26. The maximum Gasteiger partial charge on any atom is 0.321 e. The first-order valence-electron chi connectivity index (χ1n) is 6.68. The van der Waals surface area contributed by atoms with Gasteiger partial charge in [-0.05, 0) is 28.5 Å². The first-order chi connectivity index (χ1) is 10.3. The highest BCUT2D eigenvalue weighted by Crippen LogP contribution is 2.38. The Labute approximate surface area is 127 Å². The third kappa shape index (κ3) is 2.93. The lowest BCUT2D eigenvalue weighted by atomic mass is 10.0. The molecule has 3 rings (SSSR count). The van der Waals surface area contributed by atoms with Gasteiger partial charge in [0.25, 0.3) is 0 Å². The molecule has 3 heteroatoms. The maximum absolute atomic E-state index is 11.7. The topological polar surface area (TPSA) is 37.3 Å². The molecule has 0 fully saturated rings. The Kier molecular flexibility index (Phi) is 3.93. The molecule has 0 bridgehead atoms. The first-order valence-corrected chi connectivity index (χ1v) is 7.56. The number of fused-ring (bicyclic) bond motifs is 1. The molecule has 104 valence electrons. The molecule has 0 spiro atoms. The van der Waals surface area contributed by atoms with Crippen LogP contribution in [0.3, 0.4) is 0 Å². The van der Waals surface area contributed by atoms with Crippen LogP contribution in [0.4, 0.5) is 0 Å². The fourth-order valence-electron chi connectivity index (χ4n) is 2.36. The molecular weight excluding hydrogens is 280 g/mol. The lowest BCUT2D eigenvalue weighted by molar-refractivity contribution is -0.136. The standard InChI is InChI=1S/C18H14O2S/c19-18(20)17(21-14-9-2-1-3-10-14)16-12-6-8-13-7-4-5-11-15(13)16/h1-12,17H,(H,19,20). The molecule has 3 aromatic carbocycles. The number of benzene rings is 3. The molecule has 1 atom stereocenters. The number of rotatable bonds is 4. The zero-order valence-electron chi connectivity index (χ0n) is 11.3. The summed E-state index contributed by atoms with van der Waals surface area (Å²) < 4.78 is 0. The number of hydrogen-bond acceptors (Lipinski definition) is 2. The van der Waals surface area contributed by atoms with E-state index in [0.717, 1.165) is 21.2 Å². The van der Waals surface area contributed by atoms with Gasteiger partial charge in [-0.25, -0.2) is 0 Å². The smallest absolute Gasteiger partial charge is 0.321 e. The monoisotopic (exact) mass is 294 g/mol. The van der Waals surface area contributed by atoms with Crippen LogP contribution in [0.25, 0.3) is 10.8 Å². The van der Waals surface area contributed by atoms with Crippen molar-refractivity contribution in [3.05, 3.63) is 78.4 Å². The van der Waals surface area contributed by atoms with Gasteiger partial charge in [0.1, 0.15) is 5.25 Å². The normalized spacial score (nSPS) is 12.2.